The van der Waals surface area contributed by atoms with Crippen molar-refractivity contribution < 1.29 is 18.7 Å². The first kappa shape index (κ1) is 27.0. The van der Waals surface area contributed by atoms with Gasteiger partial charge in [-0.2, -0.15) is 9.78 Å². The molecule has 0 bridgehead atoms. The van der Waals surface area contributed by atoms with Gasteiger partial charge in [0.15, 0.2) is 18.1 Å². The molecule has 0 aliphatic heterocycles. The second-order valence-corrected chi connectivity index (χ2v) is 9.41. The number of hydrogen-bond donors (Lipinski definition) is 1. The molecule has 10 heteroatoms. The zero-order valence-electron chi connectivity index (χ0n) is 21.1. The minimum atomic E-state index is -0.552. The summed E-state index contributed by atoms with van der Waals surface area (Å²) in [6.45, 7) is 3.59. The van der Waals surface area contributed by atoms with Crippen molar-refractivity contribution in [2.45, 2.75) is 26.2 Å². The van der Waals surface area contributed by atoms with Crippen LogP contribution in [0.5, 0.6) is 11.5 Å². The summed E-state index contributed by atoms with van der Waals surface area (Å²) >= 11 is 3.41. The zero-order valence-corrected chi connectivity index (χ0v) is 22.7. The van der Waals surface area contributed by atoms with Gasteiger partial charge in [0.1, 0.15) is 11.6 Å². The topological polar surface area (TPSA) is 94.8 Å². The van der Waals surface area contributed by atoms with Gasteiger partial charge in [-0.1, -0.05) is 48.0 Å². The summed E-state index contributed by atoms with van der Waals surface area (Å²) in [7, 11) is 1.47. The van der Waals surface area contributed by atoms with Crippen molar-refractivity contribution in [2.24, 2.45) is 5.10 Å². The molecule has 0 radical (unpaired) electrons. The lowest BCUT2D eigenvalue weighted by molar-refractivity contribution is -0.118. The van der Waals surface area contributed by atoms with Gasteiger partial charge in [-0.3, -0.25) is 9.59 Å². The monoisotopic (exact) mass is 580 g/mol. The second kappa shape index (κ2) is 12.0. The number of fused-ring (bicyclic) bond motifs is 1. The van der Waals surface area contributed by atoms with E-state index in [0.29, 0.717) is 28.0 Å². The first-order valence-corrected chi connectivity index (χ1v) is 12.7. The van der Waals surface area contributed by atoms with Gasteiger partial charge in [0.05, 0.1) is 29.9 Å². The van der Waals surface area contributed by atoms with Crippen LogP contribution in [0, 0.1) is 5.82 Å². The van der Waals surface area contributed by atoms with Crippen LogP contribution in [-0.4, -0.2) is 35.5 Å². The quantitative estimate of drug-likeness (QED) is 0.255. The van der Waals surface area contributed by atoms with Crippen LogP contribution < -0.4 is 20.3 Å². The summed E-state index contributed by atoms with van der Waals surface area (Å²) in [4.78, 5) is 30.6. The number of benzene rings is 3. The highest BCUT2D eigenvalue weighted by atomic mass is 79.9. The van der Waals surface area contributed by atoms with Gasteiger partial charge in [0.25, 0.3) is 11.5 Å². The maximum Gasteiger partial charge on any atom is 0.282 e. The molecule has 0 fully saturated rings. The summed E-state index contributed by atoms with van der Waals surface area (Å²) in [5.41, 5.74) is 0.804. The minimum absolute atomic E-state index is 0.0315. The molecular formula is C28H26BrFN4O4. The SMILES string of the molecule is CC[C@@H](C)c1nc2ccc(Br)cc2c(=O)n1N=Cc1cccc(OC)c1OCC(=O)Nc1ccccc1F. The van der Waals surface area contributed by atoms with Crippen molar-refractivity contribution in [1.82, 2.24) is 9.66 Å². The molecular weight excluding hydrogens is 555 g/mol. The number of para-hydroxylation sites is 2. The van der Waals surface area contributed by atoms with E-state index in [-0.39, 0.29) is 22.9 Å². The molecule has 3 aromatic carbocycles. The summed E-state index contributed by atoms with van der Waals surface area (Å²) in [6, 6.07) is 16.3. The fraction of sp³-hybridized carbons (Fsp3) is 0.214. The third-order valence-corrected chi connectivity index (χ3v) is 6.42. The van der Waals surface area contributed by atoms with Gasteiger partial charge in [0, 0.05) is 16.0 Å². The summed E-state index contributed by atoms with van der Waals surface area (Å²) in [5.74, 6) is 0.00185. The molecule has 0 saturated heterocycles. The number of ether oxygens (including phenoxy) is 2. The van der Waals surface area contributed by atoms with Gasteiger partial charge in [-0.15, -0.1) is 0 Å². The van der Waals surface area contributed by atoms with E-state index < -0.39 is 18.3 Å². The fourth-order valence-corrected chi connectivity index (χ4v) is 4.10. The van der Waals surface area contributed by atoms with Crippen LogP contribution in [0.25, 0.3) is 10.9 Å². The van der Waals surface area contributed by atoms with Crippen molar-refractivity contribution in [3.8, 4) is 11.5 Å². The highest BCUT2D eigenvalue weighted by Crippen LogP contribution is 2.30. The number of carbonyl (C=O) groups is 1. The average molecular weight is 581 g/mol. The van der Waals surface area contributed by atoms with Crippen LogP contribution in [0.4, 0.5) is 10.1 Å². The number of hydrogen-bond acceptors (Lipinski definition) is 6. The zero-order chi connectivity index (χ0) is 27.2. The molecule has 1 amide bonds. The van der Waals surface area contributed by atoms with Crippen LogP contribution in [0.15, 0.2) is 75.0 Å². The first-order valence-electron chi connectivity index (χ1n) is 11.9. The third-order valence-electron chi connectivity index (χ3n) is 5.92. The molecule has 0 aliphatic rings. The molecule has 1 aromatic heterocycles. The summed E-state index contributed by atoms with van der Waals surface area (Å²) in [6.07, 6.45) is 2.22. The number of halogens is 2. The van der Waals surface area contributed by atoms with Crippen LogP contribution >= 0.6 is 15.9 Å². The van der Waals surface area contributed by atoms with E-state index in [0.717, 1.165) is 10.9 Å². The Morgan fingerprint density at radius 2 is 2.00 bits per heavy atom. The summed E-state index contributed by atoms with van der Waals surface area (Å²) in [5, 5.41) is 7.39. The largest absolute Gasteiger partial charge is 0.493 e. The summed E-state index contributed by atoms with van der Waals surface area (Å²) < 4.78 is 27.1. The molecule has 0 saturated carbocycles. The molecule has 8 nitrogen and oxygen atoms in total. The average Bonchev–Trinajstić information content (AvgIpc) is 2.92. The Morgan fingerprint density at radius 3 is 2.74 bits per heavy atom. The van der Waals surface area contributed by atoms with Gasteiger partial charge < -0.3 is 14.8 Å². The lowest BCUT2D eigenvalue weighted by Gasteiger charge is -2.15. The van der Waals surface area contributed by atoms with Crippen LogP contribution in [-0.2, 0) is 4.79 Å². The third kappa shape index (κ3) is 5.91. The van der Waals surface area contributed by atoms with E-state index in [1.807, 2.05) is 19.9 Å². The number of aromatic nitrogens is 2. The van der Waals surface area contributed by atoms with E-state index in [2.05, 4.69) is 26.3 Å². The number of rotatable bonds is 9. The van der Waals surface area contributed by atoms with E-state index in [4.69, 9.17) is 14.5 Å². The highest BCUT2D eigenvalue weighted by molar-refractivity contribution is 9.10. The van der Waals surface area contributed by atoms with Gasteiger partial charge >= 0.3 is 0 Å². The number of carbonyl (C=O) groups excluding carboxylic acids is 1. The lowest BCUT2D eigenvalue weighted by atomic mass is 10.1. The molecule has 0 spiro atoms. The molecule has 1 N–H and O–H groups in total. The van der Waals surface area contributed by atoms with E-state index in [1.54, 1.807) is 36.4 Å². The van der Waals surface area contributed by atoms with Gasteiger partial charge in [-0.05, 0) is 48.9 Å². The Bertz CT molecular complexity index is 1570. The molecule has 4 aromatic rings. The minimum Gasteiger partial charge on any atom is -0.493 e. The Hall–Kier alpha value is -4.05. The Kier molecular flexibility index (Phi) is 8.52. The predicted octanol–water partition coefficient (Wildman–Crippen LogP) is 5.72. The molecule has 38 heavy (non-hydrogen) atoms. The number of methoxy groups -OCH3 is 1. The van der Waals surface area contributed by atoms with E-state index >= 15 is 0 Å². The Balaban J connectivity index is 1.68. The van der Waals surface area contributed by atoms with Crippen LogP contribution in [0.2, 0.25) is 0 Å². The molecule has 196 valence electrons. The molecule has 0 unspecified atom stereocenters. The maximum atomic E-state index is 13.9. The number of amides is 1. The fourth-order valence-electron chi connectivity index (χ4n) is 3.74. The molecule has 1 atom stereocenters. The molecule has 0 aliphatic carbocycles. The van der Waals surface area contributed by atoms with Crippen molar-refractivity contribution >= 4 is 44.6 Å². The van der Waals surface area contributed by atoms with Crippen LogP contribution in [0.1, 0.15) is 37.6 Å². The number of nitrogens with one attached hydrogen (secondary N) is 1. The van der Waals surface area contributed by atoms with Crippen molar-refractivity contribution in [3.63, 3.8) is 0 Å². The Labute approximate surface area is 227 Å². The number of anilines is 1. The van der Waals surface area contributed by atoms with Crippen molar-refractivity contribution in [2.75, 3.05) is 19.0 Å². The molecule has 1 heterocycles. The van der Waals surface area contributed by atoms with Gasteiger partial charge in [-0.25, -0.2) is 9.37 Å². The van der Waals surface area contributed by atoms with E-state index in [1.165, 1.54) is 36.2 Å². The lowest BCUT2D eigenvalue weighted by Crippen LogP contribution is -2.24. The van der Waals surface area contributed by atoms with Crippen LogP contribution in [0.3, 0.4) is 0 Å². The highest BCUT2D eigenvalue weighted by Gasteiger charge is 2.17. The number of nitrogens with zero attached hydrogens (tertiary/aromatic N) is 3. The van der Waals surface area contributed by atoms with Gasteiger partial charge in [0.2, 0.25) is 0 Å². The first-order chi connectivity index (χ1) is 18.3. The van der Waals surface area contributed by atoms with Crippen molar-refractivity contribution in [1.29, 1.82) is 0 Å². The standard InChI is InChI=1S/C28H26BrFN4O4/c1-4-17(2)27-33-22-13-12-19(29)14-20(22)28(36)34(27)31-15-18-8-7-11-24(37-3)26(18)38-16-25(35)32-23-10-6-5-9-21(23)30/h5-15,17H,4,16H2,1-3H3,(H,32,35)/t17-/m1/s1. The smallest absolute Gasteiger partial charge is 0.282 e. The van der Waals surface area contributed by atoms with E-state index in [9.17, 15) is 14.0 Å². The normalized spacial score (nSPS) is 12.0. The molecule has 4 rings (SSSR count). The predicted molar refractivity (Wildman–Crippen MR) is 149 cm³/mol. The Morgan fingerprint density at radius 1 is 1.21 bits per heavy atom. The maximum absolute atomic E-state index is 13.9. The second-order valence-electron chi connectivity index (χ2n) is 8.50. The van der Waals surface area contributed by atoms with Crippen molar-refractivity contribution in [3.05, 3.63) is 92.7 Å².